The van der Waals surface area contributed by atoms with Crippen molar-refractivity contribution >= 4 is 0 Å². The van der Waals surface area contributed by atoms with E-state index in [9.17, 15) is 13.2 Å². The van der Waals surface area contributed by atoms with Crippen LogP contribution < -0.4 is 5.32 Å². The molecule has 0 aliphatic rings. The van der Waals surface area contributed by atoms with Crippen LogP contribution >= 0.6 is 0 Å². The summed E-state index contributed by atoms with van der Waals surface area (Å²) >= 11 is 0. The highest BCUT2D eigenvalue weighted by molar-refractivity contribution is 4.66. The van der Waals surface area contributed by atoms with Crippen molar-refractivity contribution in [2.75, 3.05) is 32.7 Å². The molecule has 2 nitrogen and oxygen atoms in total. The maximum atomic E-state index is 12.3. The zero-order valence-corrected chi connectivity index (χ0v) is 12.0. The first-order valence-corrected chi connectivity index (χ1v) is 6.64. The van der Waals surface area contributed by atoms with Crippen molar-refractivity contribution in [2.24, 2.45) is 5.41 Å². The quantitative estimate of drug-likeness (QED) is 0.680. The Labute approximate surface area is 109 Å². The number of hydrogen-bond donors (Lipinski definition) is 1. The van der Waals surface area contributed by atoms with Gasteiger partial charge < -0.3 is 5.32 Å². The first-order valence-electron chi connectivity index (χ1n) is 6.64. The molecule has 0 aromatic rings. The molecule has 0 heterocycles. The van der Waals surface area contributed by atoms with Crippen molar-refractivity contribution in [3.8, 4) is 0 Å². The summed E-state index contributed by atoms with van der Waals surface area (Å²) in [5.74, 6) is 0. The molecular formula is C13H27F3N2. The molecule has 18 heavy (non-hydrogen) atoms. The lowest BCUT2D eigenvalue weighted by molar-refractivity contribution is -0.145. The second-order valence-electron chi connectivity index (χ2n) is 5.95. The fourth-order valence-electron chi connectivity index (χ4n) is 1.67. The largest absolute Gasteiger partial charge is 0.401 e. The summed E-state index contributed by atoms with van der Waals surface area (Å²) in [7, 11) is 0. The van der Waals surface area contributed by atoms with Crippen molar-refractivity contribution in [2.45, 2.75) is 46.7 Å². The summed E-state index contributed by atoms with van der Waals surface area (Å²) < 4.78 is 36.9. The molecule has 0 saturated carbocycles. The normalized spacial score (nSPS) is 13.3. The van der Waals surface area contributed by atoms with Gasteiger partial charge in [-0.05, 0) is 31.3 Å². The monoisotopic (exact) mass is 268 g/mol. The summed E-state index contributed by atoms with van der Waals surface area (Å²) in [6.07, 6.45) is -2.32. The van der Waals surface area contributed by atoms with Crippen LogP contribution in [-0.2, 0) is 0 Å². The van der Waals surface area contributed by atoms with Gasteiger partial charge in [0.15, 0.2) is 0 Å². The molecule has 0 amide bonds. The van der Waals surface area contributed by atoms with Crippen LogP contribution in [0.2, 0.25) is 0 Å². The van der Waals surface area contributed by atoms with Gasteiger partial charge in [0.05, 0.1) is 6.54 Å². The van der Waals surface area contributed by atoms with E-state index in [1.54, 1.807) is 0 Å². The maximum absolute atomic E-state index is 12.3. The molecule has 0 unspecified atom stereocenters. The zero-order chi connectivity index (χ0) is 14.2. The Balaban J connectivity index is 3.77. The summed E-state index contributed by atoms with van der Waals surface area (Å²) in [5, 5.41) is 3.21. The van der Waals surface area contributed by atoms with Crippen LogP contribution in [0.3, 0.4) is 0 Å². The van der Waals surface area contributed by atoms with E-state index in [-0.39, 0.29) is 5.41 Å². The van der Waals surface area contributed by atoms with Crippen LogP contribution in [0.1, 0.15) is 40.5 Å². The minimum absolute atomic E-state index is 0.266. The number of nitrogens with one attached hydrogen (secondary N) is 1. The number of rotatable bonds is 8. The van der Waals surface area contributed by atoms with Gasteiger partial charge in [0, 0.05) is 13.1 Å². The summed E-state index contributed by atoms with van der Waals surface area (Å²) in [4.78, 5) is 1.46. The molecule has 0 spiro atoms. The molecular weight excluding hydrogens is 241 g/mol. The minimum Gasteiger partial charge on any atom is -0.315 e. The van der Waals surface area contributed by atoms with Crippen LogP contribution in [0.5, 0.6) is 0 Å². The lowest BCUT2D eigenvalue weighted by atomic mass is 9.92. The van der Waals surface area contributed by atoms with Gasteiger partial charge in [0.2, 0.25) is 0 Å². The zero-order valence-electron chi connectivity index (χ0n) is 12.0. The maximum Gasteiger partial charge on any atom is 0.401 e. The number of halogens is 3. The van der Waals surface area contributed by atoms with Crippen LogP contribution in [0.15, 0.2) is 0 Å². The lowest BCUT2D eigenvalue weighted by Gasteiger charge is -2.24. The predicted molar refractivity (Wildman–Crippen MR) is 69.7 cm³/mol. The lowest BCUT2D eigenvalue weighted by Crippen LogP contribution is -2.39. The first-order chi connectivity index (χ1) is 8.14. The molecule has 0 fully saturated rings. The Morgan fingerprint density at radius 1 is 1.00 bits per heavy atom. The molecule has 5 heteroatoms. The SMILES string of the molecule is CCCN(CCNCCC(C)(C)C)CC(F)(F)F. The summed E-state index contributed by atoms with van der Waals surface area (Å²) in [5.41, 5.74) is 0.266. The second kappa shape index (κ2) is 8.00. The van der Waals surface area contributed by atoms with Gasteiger partial charge in [-0.3, -0.25) is 4.90 Å². The van der Waals surface area contributed by atoms with Crippen LogP contribution in [0.4, 0.5) is 13.2 Å². The molecule has 0 aliphatic heterocycles. The molecule has 0 aliphatic carbocycles. The Bertz CT molecular complexity index is 209. The van der Waals surface area contributed by atoms with Crippen LogP contribution in [-0.4, -0.2) is 43.8 Å². The van der Waals surface area contributed by atoms with Gasteiger partial charge in [-0.15, -0.1) is 0 Å². The van der Waals surface area contributed by atoms with Gasteiger partial charge in [0.25, 0.3) is 0 Å². The molecule has 0 bridgehead atoms. The van der Waals surface area contributed by atoms with Gasteiger partial charge in [-0.1, -0.05) is 27.7 Å². The van der Waals surface area contributed by atoms with Crippen molar-refractivity contribution in [3.63, 3.8) is 0 Å². The third kappa shape index (κ3) is 12.2. The van der Waals surface area contributed by atoms with Crippen molar-refractivity contribution < 1.29 is 13.2 Å². The van der Waals surface area contributed by atoms with Crippen molar-refractivity contribution in [1.29, 1.82) is 0 Å². The van der Waals surface area contributed by atoms with E-state index in [2.05, 4.69) is 26.1 Å². The summed E-state index contributed by atoms with van der Waals surface area (Å²) in [6.45, 7) is 9.99. The second-order valence-corrected chi connectivity index (χ2v) is 5.95. The Kier molecular flexibility index (Phi) is 7.87. The fraction of sp³-hybridized carbons (Fsp3) is 1.00. The van der Waals surface area contributed by atoms with E-state index in [0.717, 1.165) is 19.4 Å². The molecule has 0 radical (unpaired) electrons. The van der Waals surface area contributed by atoms with E-state index in [0.29, 0.717) is 19.6 Å². The molecule has 0 saturated heterocycles. The van der Waals surface area contributed by atoms with Gasteiger partial charge in [-0.25, -0.2) is 0 Å². The van der Waals surface area contributed by atoms with E-state index in [1.807, 2.05) is 6.92 Å². The smallest absolute Gasteiger partial charge is 0.315 e. The number of nitrogens with zero attached hydrogens (tertiary/aromatic N) is 1. The summed E-state index contributed by atoms with van der Waals surface area (Å²) in [6, 6.07) is 0. The third-order valence-corrected chi connectivity index (χ3v) is 2.60. The van der Waals surface area contributed by atoms with Gasteiger partial charge in [0.1, 0.15) is 0 Å². The molecule has 0 aromatic carbocycles. The Hall–Kier alpha value is -0.290. The number of hydrogen-bond acceptors (Lipinski definition) is 2. The molecule has 1 N–H and O–H groups in total. The minimum atomic E-state index is -4.10. The molecule has 0 aromatic heterocycles. The predicted octanol–water partition coefficient (Wildman–Crippen LogP) is 3.29. The first kappa shape index (κ1) is 17.7. The molecule has 0 atom stereocenters. The van der Waals surface area contributed by atoms with E-state index in [4.69, 9.17) is 0 Å². The molecule has 0 rings (SSSR count). The highest BCUT2D eigenvalue weighted by atomic mass is 19.4. The van der Waals surface area contributed by atoms with Gasteiger partial charge in [-0.2, -0.15) is 13.2 Å². The van der Waals surface area contributed by atoms with Crippen LogP contribution in [0, 0.1) is 5.41 Å². The average molecular weight is 268 g/mol. The molecule has 110 valence electrons. The topological polar surface area (TPSA) is 15.3 Å². The standard InChI is InChI=1S/C13H27F3N2/c1-5-9-18(11-13(14,15)16)10-8-17-7-6-12(2,3)4/h17H,5-11H2,1-4H3. The van der Waals surface area contributed by atoms with E-state index >= 15 is 0 Å². The highest BCUT2D eigenvalue weighted by Crippen LogP contribution is 2.17. The van der Waals surface area contributed by atoms with Crippen LogP contribution in [0.25, 0.3) is 0 Å². The van der Waals surface area contributed by atoms with Gasteiger partial charge >= 0.3 is 6.18 Å². The highest BCUT2D eigenvalue weighted by Gasteiger charge is 2.29. The van der Waals surface area contributed by atoms with E-state index < -0.39 is 12.7 Å². The van der Waals surface area contributed by atoms with Crippen molar-refractivity contribution in [3.05, 3.63) is 0 Å². The van der Waals surface area contributed by atoms with E-state index in [1.165, 1.54) is 4.90 Å². The fourth-order valence-corrected chi connectivity index (χ4v) is 1.67. The number of alkyl halides is 3. The van der Waals surface area contributed by atoms with Crippen molar-refractivity contribution in [1.82, 2.24) is 10.2 Å². The average Bonchev–Trinajstić information content (AvgIpc) is 2.13. The Morgan fingerprint density at radius 3 is 2.06 bits per heavy atom. The Morgan fingerprint density at radius 2 is 1.61 bits per heavy atom. The third-order valence-electron chi connectivity index (χ3n) is 2.60.